The minimum Gasteiger partial charge on any atom is -0.434 e. The smallest absolute Gasteiger partial charge is 0.434 e. The van der Waals surface area contributed by atoms with Crippen molar-refractivity contribution in [2.45, 2.75) is 12.8 Å². The summed E-state index contributed by atoms with van der Waals surface area (Å²) in [5, 5.41) is 0. The van der Waals surface area contributed by atoms with Gasteiger partial charge in [-0.05, 0) is 74.0 Å². The van der Waals surface area contributed by atoms with Gasteiger partial charge < -0.3 is 9.47 Å². The molecule has 0 atom stereocenters. The molecule has 0 unspecified atom stereocenters. The lowest BCUT2D eigenvalue weighted by molar-refractivity contribution is 0.0621. The number of unbranched alkanes of at least 4 members (excludes halogenated alkanes) is 1. The highest BCUT2D eigenvalue weighted by atomic mass is 127. The van der Waals surface area contributed by atoms with Crippen LogP contribution in [0.5, 0.6) is 0 Å². The second-order valence-corrected chi connectivity index (χ2v) is 7.48. The van der Waals surface area contributed by atoms with Crippen molar-refractivity contribution in [3.8, 4) is 0 Å². The zero-order chi connectivity index (χ0) is 11.7. The van der Waals surface area contributed by atoms with E-state index in [-0.39, 0.29) is 6.61 Å². The quantitative estimate of drug-likeness (QED) is 0.221. The molecule has 0 rings (SSSR count). The first-order chi connectivity index (χ1) is 7.07. The first-order valence-electron chi connectivity index (χ1n) is 4.13. The summed E-state index contributed by atoms with van der Waals surface area (Å²) >= 11 is 12.9. The second-order valence-electron chi connectivity index (χ2n) is 2.45. The molecule has 0 saturated heterocycles. The predicted molar refractivity (Wildman–Crippen MR) is 81.2 cm³/mol. The number of ether oxygens (including phenoxy) is 2. The third kappa shape index (κ3) is 10.1. The number of alkyl halides is 1. The molecular formula is C8H10BrClI2O3. The first kappa shape index (κ1) is 16.2. The molecule has 7 heteroatoms. The van der Waals surface area contributed by atoms with E-state index in [0.717, 1.165) is 18.9 Å². The highest BCUT2D eigenvalue weighted by Gasteiger charge is 2.05. The standard InChI is InChI=1S/C8H10BrClI2O3/c9-7(12)6(11)5-15-8(13)14-4-2-1-3-10/h1-5H2. The van der Waals surface area contributed by atoms with Crippen LogP contribution in [-0.4, -0.2) is 25.2 Å². The number of carbonyl (C=O) groups excluding carboxylic acids is 1. The molecule has 0 amide bonds. The molecule has 0 N–H and O–H groups in total. The van der Waals surface area contributed by atoms with E-state index in [0.29, 0.717) is 12.5 Å². The maximum absolute atomic E-state index is 11.0. The van der Waals surface area contributed by atoms with Crippen LogP contribution in [-0.2, 0) is 9.47 Å². The molecule has 88 valence electrons. The largest absolute Gasteiger partial charge is 0.508 e. The van der Waals surface area contributed by atoms with E-state index in [1.165, 1.54) is 0 Å². The van der Waals surface area contributed by atoms with Crippen molar-refractivity contribution in [2.75, 3.05) is 19.1 Å². The molecule has 0 aliphatic rings. The van der Waals surface area contributed by atoms with Gasteiger partial charge in [-0.15, -0.1) is 11.6 Å². The monoisotopic (exact) mass is 522 g/mol. The molecule has 0 aromatic carbocycles. The van der Waals surface area contributed by atoms with Crippen molar-refractivity contribution in [1.29, 1.82) is 0 Å². The van der Waals surface area contributed by atoms with Crippen LogP contribution in [0.4, 0.5) is 4.79 Å². The lowest BCUT2D eigenvalue weighted by atomic mass is 10.4. The fourth-order valence-electron chi connectivity index (χ4n) is 0.571. The predicted octanol–water partition coefficient (Wildman–Crippen LogP) is 4.59. The van der Waals surface area contributed by atoms with Crippen LogP contribution in [0.1, 0.15) is 12.8 Å². The van der Waals surface area contributed by atoms with Crippen LogP contribution in [0.3, 0.4) is 0 Å². The van der Waals surface area contributed by atoms with E-state index in [2.05, 4.69) is 61.1 Å². The van der Waals surface area contributed by atoms with Crippen LogP contribution in [0.2, 0.25) is 0 Å². The Kier molecular flexibility index (Phi) is 11.3. The molecule has 0 aliphatic carbocycles. The zero-order valence-electron chi connectivity index (χ0n) is 7.77. The van der Waals surface area contributed by atoms with E-state index in [1.807, 2.05) is 0 Å². The first-order valence-corrected chi connectivity index (χ1v) is 7.61. The summed E-state index contributed by atoms with van der Waals surface area (Å²) in [5.74, 6) is 0.584. The van der Waals surface area contributed by atoms with Gasteiger partial charge in [-0.25, -0.2) is 4.79 Å². The van der Waals surface area contributed by atoms with Gasteiger partial charge in [0.05, 0.1) is 9.10 Å². The summed E-state index contributed by atoms with van der Waals surface area (Å²) in [7, 11) is 0. The van der Waals surface area contributed by atoms with Crippen molar-refractivity contribution in [3.05, 3.63) is 6.07 Å². The highest BCUT2D eigenvalue weighted by Crippen LogP contribution is 2.24. The highest BCUT2D eigenvalue weighted by molar-refractivity contribution is 14.1. The normalized spacial score (nSPS) is 12.0. The Balaban J connectivity index is 3.54. The van der Waals surface area contributed by atoms with Gasteiger partial charge in [-0.1, -0.05) is 0 Å². The van der Waals surface area contributed by atoms with Crippen molar-refractivity contribution in [1.82, 2.24) is 0 Å². The molecule has 0 radical (unpaired) electrons. The van der Waals surface area contributed by atoms with Crippen molar-refractivity contribution in [2.24, 2.45) is 0 Å². The Bertz CT molecular complexity index is 232. The topological polar surface area (TPSA) is 35.5 Å². The number of hydrogen-bond acceptors (Lipinski definition) is 3. The number of carbonyl (C=O) groups is 1. The summed E-state index contributed by atoms with van der Waals surface area (Å²) in [6, 6.07) is 0. The molecule has 0 aromatic heterocycles. The minimum atomic E-state index is -0.635. The van der Waals surface area contributed by atoms with Crippen molar-refractivity contribution < 1.29 is 14.3 Å². The van der Waals surface area contributed by atoms with Gasteiger partial charge in [-0.2, -0.15) is 0 Å². The van der Waals surface area contributed by atoms with Crippen molar-refractivity contribution in [3.63, 3.8) is 0 Å². The molecule has 0 fully saturated rings. The summed E-state index contributed by atoms with van der Waals surface area (Å²) in [6.45, 7) is 0.593. The zero-order valence-corrected chi connectivity index (χ0v) is 14.4. The minimum absolute atomic E-state index is 0.235. The van der Waals surface area contributed by atoms with Crippen LogP contribution in [0.15, 0.2) is 6.07 Å². The van der Waals surface area contributed by atoms with E-state index >= 15 is 0 Å². The molecule has 0 spiro atoms. The Morgan fingerprint density at radius 1 is 1.27 bits per heavy atom. The molecule has 0 saturated carbocycles. The number of hydrogen-bond donors (Lipinski definition) is 0. The summed E-state index contributed by atoms with van der Waals surface area (Å²) in [6.07, 6.45) is 0.969. The average Bonchev–Trinajstić information content (AvgIpc) is 2.20. The van der Waals surface area contributed by atoms with Gasteiger partial charge in [0.1, 0.15) is 6.61 Å². The summed E-state index contributed by atoms with van der Waals surface area (Å²) in [5.41, 5.74) is 0. The van der Waals surface area contributed by atoms with E-state index in [9.17, 15) is 4.79 Å². The molecule has 15 heavy (non-hydrogen) atoms. The van der Waals surface area contributed by atoms with E-state index in [4.69, 9.17) is 21.1 Å². The van der Waals surface area contributed by atoms with E-state index in [1.54, 1.807) is 0 Å². The number of rotatable bonds is 6. The Hall–Kier alpha value is 1.24. The lowest BCUT2D eigenvalue weighted by Crippen LogP contribution is -2.09. The van der Waals surface area contributed by atoms with Crippen LogP contribution in [0.25, 0.3) is 0 Å². The third-order valence-electron chi connectivity index (χ3n) is 1.27. The molecule has 0 bridgehead atoms. The van der Waals surface area contributed by atoms with Gasteiger partial charge in [0.2, 0.25) is 0 Å². The van der Waals surface area contributed by atoms with Gasteiger partial charge in [-0.3, -0.25) is 0 Å². The molecule has 3 nitrogen and oxygen atoms in total. The van der Waals surface area contributed by atoms with Gasteiger partial charge in [0.15, 0.2) is 0 Å². The lowest BCUT2D eigenvalue weighted by Gasteiger charge is -2.05. The molecule has 0 aromatic rings. The number of halogens is 4. The SMILES string of the molecule is O=C(OCCCCCl)OCC(I)=C(Br)I. The fraction of sp³-hybridized carbons (Fsp3) is 0.625. The second kappa shape index (κ2) is 10.4. The Morgan fingerprint density at radius 3 is 2.47 bits per heavy atom. The van der Waals surface area contributed by atoms with Gasteiger partial charge in [0.25, 0.3) is 0 Å². The van der Waals surface area contributed by atoms with Crippen LogP contribution >= 0.6 is 72.7 Å². The average molecular weight is 523 g/mol. The third-order valence-corrected chi connectivity index (χ3v) is 5.29. The fourth-order valence-corrected chi connectivity index (χ4v) is 1.19. The molecular weight excluding hydrogens is 513 g/mol. The molecule has 0 heterocycles. The van der Waals surface area contributed by atoms with Crippen molar-refractivity contribution >= 4 is 78.9 Å². The van der Waals surface area contributed by atoms with Crippen LogP contribution < -0.4 is 0 Å². The maximum atomic E-state index is 11.0. The van der Waals surface area contributed by atoms with E-state index < -0.39 is 6.16 Å². The van der Waals surface area contributed by atoms with Gasteiger partial charge >= 0.3 is 6.16 Å². The summed E-state index contributed by atoms with van der Waals surface area (Å²) in [4.78, 5) is 11.0. The van der Waals surface area contributed by atoms with Crippen LogP contribution in [0, 0.1) is 0 Å². The van der Waals surface area contributed by atoms with Gasteiger partial charge in [0, 0.05) is 9.46 Å². The summed E-state index contributed by atoms with van der Waals surface area (Å²) < 4.78 is 11.5. The Labute approximate surface area is 130 Å². The molecule has 0 aliphatic heterocycles. The Morgan fingerprint density at radius 2 is 1.93 bits per heavy atom. The maximum Gasteiger partial charge on any atom is 0.508 e.